The Bertz CT molecular complexity index is 386. The number of likely N-dealkylation sites (tertiary alicyclic amines) is 1. The SMILES string of the molecule is NC1CC(c2ccc(Cl)cc2)CN(C2CC2)C1. The van der Waals surface area contributed by atoms with Gasteiger partial charge in [-0.15, -0.1) is 0 Å². The van der Waals surface area contributed by atoms with E-state index in [1.165, 1.54) is 24.9 Å². The van der Waals surface area contributed by atoms with Crippen LogP contribution in [0.15, 0.2) is 24.3 Å². The zero-order valence-corrected chi connectivity index (χ0v) is 10.7. The van der Waals surface area contributed by atoms with E-state index in [4.69, 9.17) is 17.3 Å². The number of halogens is 1. The molecular weight excluding hydrogens is 232 g/mol. The first-order chi connectivity index (χ1) is 8.22. The molecule has 0 spiro atoms. The van der Waals surface area contributed by atoms with Gasteiger partial charge in [-0.1, -0.05) is 23.7 Å². The summed E-state index contributed by atoms with van der Waals surface area (Å²) in [6.07, 6.45) is 3.82. The number of piperidine rings is 1. The van der Waals surface area contributed by atoms with Crippen molar-refractivity contribution < 1.29 is 0 Å². The minimum absolute atomic E-state index is 0.324. The van der Waals surface area contributed by atoms with Crippen LogP contribution >= 0.6 is 11.6 Å². The van der Waals surface area contributed by atoms with E-state index < -0.39 is 0 Å². The maximum atomic E-state index is 6.18. The van der Waals surface area contributed by atoms with Crippen LogP contribution in [0.4, 0.5) is 0 Å². The van der Waals surface area contributed by atoms with Gasteiger partial charge in [0.2, 0.25) is 0 Å². The predicted molar refractivity (Wildman–Crippen MR) is 71.4 cm³/mol. The molecule has 0 amide bonds. The van der Waals surface area contributed by atoms with E-state index >= 15 is 0 Å². The number of nitrogens with zero attached hydrogens (tertiary/aromatic N) is 1. The van der Waals surface area contributed by atoms with Gasteiger partial charge in [0.05, 0.1) is 0 Å². The molecule has 1 aliphatic heterocycles. The summed E-state index contributed by atoms with van der Waals surface area (Å²) in [6, 6.07) is 9.41. The number of rotatable bonds is 2. The molecule has 2 fully saturated rings. The highest BCUT2D eigenvalue weighted by Gasteiger charge is 2.35. The quantitative estimate of drug-likeness (QED) is 0.874. The van der Waals surface area contributed by atoms with Crippen LogP contribution in [0.2, 0.25) is 5.02 Å². The second-order valence-electron chi connectivity index (χ2n) is 5.43. The van der Waals surface area contributed by atoms with Crippen LogP contribution in [0.25, 0.3) is 0 Å². The van der Waals surface area contributed by atoms with Crippen LogP contribution in [0, 0.1) is 0 Å². The minimum atomic E-state index is 0.324. The van der Waals surface area contributed by atoms with Crippen molar-refractivity contribution in [1.82, 2.24) is 4.90 Å². The van der Waals surface area contributed by atoms with Gasteiger partial charge in [-0.05, 0) is 42.9 Å². The van der Waals surface area contributed by atoms with Gasteiger partial charge in [0, 0.05) is 30.2 Å². The summed E-state index contributed by atoms with van der Waals surface area (Å²) in [7, 11) is 0. The molecule has 1 heterocycles. The van der Waals surface area contributed by atoms with Gasteiger partial charge in [-0.25, -0.2) is 0 Å². The van der Waals surface area contributed by atoms with Crippen molar-refractivity contribution in [2.75, 3.05) is 13.1 Å². The zero-order chi connectivity index (χ0) is 11.8. The third-order valence-electron chi connectivity index (χ3n) is 3.92. The maximum absolute atomic E-state index is 6.18. The lowest BCUT2D eigenvalue weighted by molar-refractivity contribution is 0.180. The Morgan fingerprint density at radius 2 is 1.82 bits per heavy atom. The van der Waals surface area contributed by atoms with E-state index in [9.17, 15) is 0 Å². The Labute approximate surface area is 108 Å². The normalized spacial score (nSPS) is 30.5. The number of benzene rings is 1. The number of hydrogen-bond acceptors (Lipinski definition) is 2. The van der Waals surface area contributed by atoms with E-state index in [1.807, 2.05) is 12.1 Å². The van der Waals surface area contributed by atoms with Gasteiger partial charge in [0.15, 0.2) is 0 Å². The van der Waals surface area contributed by atoms with Gasteiger partial charge in [-0.3, -0.25) is 4.90 Å². The molecule has 1 aromatic carbocycles. The Morgan fingerprint density at radius 3 is 2.47 bits per heavy atom. The fraction of sp³-hybridized carbons (Fsp3) is 0.571. The molecule has 0 radical (unpaired) electrons. The second kappa shape index (κ2) is 4.60. The highest BCUT2D eigenvalue weighted by molar-refractivity contribution is 6.30. The van der Waals surface area contributed by atoms with E-state index in [1.54, 1.807) is 0 Å². The molecule has 1 aromatic rings. The summed E-state index contributed by atoms with van der Waals surface area (Å²) in [4.78, 5) is 2.58. The van der Waals surface area contributed by atoms with E-state index in [-0.39, 0.29) is 0 Å². The minimum Gasteiger partial charge on any atom is -0.327 e. The Balaban J connectivity index is 1.75. The van der Waals surface area contributed by atoms with E-state index in [2.05, 4.69) is 17.0 Å². The van der Waals surface area contributed by atoms with Crippen LogP contribution in [0.5, 0.6) is 0 Å². The number of nitrogens with two attached hydrogens (primary N) is 1. The third kappa shape index (κ3) is 2.65. The topological polar surface area (TPSA) is 29.3 Å². The van der Waals surface area contributed by atoms with E-state index in [0.717, 1.165) is 24.0 Å². The Morgan fingerprint density at radius 1 is 1.12 bits per heavy atom. The predicted octanol–water partition coefficient (Wildman–Crippen LogP) is 2.62. The van der Waals surface area contributed by atoms with Crippen LogP contribution in [0.3, 0.4) is 0 Å². The van der Waals surface area contributed by atoms with Crippen molar-refractivity contribution in [3.8, 4) is 0 Å². The standard InChI is InChI=1S/C14H19ClN2/c15-12-3-1-10(2-4-12)11-7-13(16)9-17(8-11)14-5-6-14/h1-4,11,13-14H,5-9,16H2. The molecule has 3 rings (SSSR count). The molecule has 1 aliphatic carbocycles. The van der Waals surface area contributed by atoms with Crippen LogP contribution in [-0.2, 0) is 0 Å². The van der Waals surface area contributed by atoms with Crippen LogP contribution in [0.1, 0.15) is 30.7 Å². The lowest BCUT2D eigenvalue weighted by Crippen LogP contribution is -2.47. The molecule has 2 N–H and O–H groups in total. The fourth-order valence-electron chi connectivity index (χ4n) is 2.89. The summed E-state index contributed by atoms with van der Waals surface area (Å²) < 4.78 is 0. The fourth-order valence-corrected chi connectivity index (χ4v) is 3.01. The molecular formula is C14H19ClN2. The molecule has 2 unspecified atom stereocenters. The highest BCUT2D eigenvalue weighted by Crippen LogP contribution is 2.34. The molecule has 0 aromatic heterocycles. The van der Waals surface area contributed by atoms with Gasteiger partial charge in [-0.2, -0.15) is 0 Å². The molecule has 92 valence electrons. The molecule has 1 saturated carbocycles. The van der Waals surface area contributed by atoms with Crippen molar-refractivity contribution in [2.45, 2.75) is 37.3 Å². The smallest absolute Gasteiger partial charge is 0.0406 e. The maximum Gasteiger partial charge on any atom is 0.0406 e. The van der Waals surface area contributed by atoms with Gasteiger partial charge >= 0.3 is 0 Å². The number of hydrogen-bond donors (Lipinski definition) is 1. The summed E-state index contributed by atoms with van der Waals surface area (Å²) in [6.45, 7) is 2.24. The molecule has 2 aliphatic rings. The van der Waals surface area contributed by atoms with E-state index in [0.29, 0.717) is 12.0 Å². The molecule has 2 nitrogen and oxygen atoms in total. The molecule has 1 saturated heterocycles. The van der Waals surface area contributed by atoms with Gasteiger partial charge in [0.1, 0.15) is 0 Å². The summed E-state index contributed by atoms with van der Waals surface area (Å²) in [5.74, 6) is 0.580. The first kappa shape index (κ1) is 11.5. The second-order valence-corrected chi connectivity index (χ2v) is 5.87. The van der Waals surface area contributed by atoms with Crippen molar-refractivity contribution in [2.24, 2.45) is 5.73 Å². The molecule has 2 atom stereocenters. The zero-order valence-electron chi connectivity index (χ0n) is 9.98. The summed E-state index contributed by atoms with van der Waals surface area (Å²) in [5.41, 5.74) is 7.57. The average Bonchev–Trinajstić information content (AvgIpc) is 3.13. The van der Waals surface area contributed by atoms with Gasteiger partial charge < -0.3 is 5.73 Å². The third-order valence-corrected chi connectivity index (χ3v) is 4.17. The van der Waals surface area contributed by atoms with Crippen LogP contribution < -0.4 is 5.73 Å². The monoisotopic (exact) mass is 250 g/mol. The van der Waals surface area contributed by atoms with Crippen molar-refractivity contribution in [1.29, 1.82) is 0 Å². The molecule has 3 heteroatoms. The Kier molecular flexibility index (Phi) is 3.12. The largest absolute Gasteiger partial charge is 0.327 e. The summed E-state index contributed by atoms with van der Waals surface area (Å²) >= 11 is 5.93. The van der Waals surface area contributed by atoms with Crippen molar-refractivity contribution >= 4 is 11.6 Å². The van der Waals surface area contributed by atoms with Gasteiger partial charge in [0.25, 0.3) is 0 Å². The molecule has 17 heavy (non-hydrogen) atoms. The average molecular weight is 251 g/mol. The van der Waals surface area contributed by atoms with Crippen LogP contribution in [-0.4, -0.2) is 30.1 Å². The summed E-state index contributed by atoms with van der Waals surface area (Å²) in [5, 5.41) is 0.813. The first-order valence-electron chi connectivity index (χ1n) is 6.47. The lowest BCUT2D eigenvalue weighted by atomic mass is 9.88. The lowest BCUT2D eigenvalue weighted by Gasteiger charge is -2.36. The Hall–Kier alpha value is -0.570. The van der Waals surface area contributed by atoms with Crippen molar-refractivity contribution in [3.63, 3.8) is 0 Å². The highest BCUT2D eigenvalue weighted by atomic mass is 35.5. The molecule has 0 bridgehead atoms. The first-order valence-corrected chi connectivity index (χ1v) is 6.85. The van der Waals surface area contributed by atoms with Crippen molar-refractivity contribution in [3.05, 3.63) is 34.9 Å².